The van der Waals surface area contributed by atoms with E-state index in [1.54, 1.807) is 0 Å². The molecule has 1 aromatic carbocycles. The average Bonchev–Trinajstić information content (AvgIpc) is 2.63. The third kappa shape index (κ3) is 5.43. The number of carbonyl (C=O) groups is 1. The monoisotopic (exact) mass is 413 g/mol. The zero-order chi connectivity index (χ0) is 19.4. The lowest BCUT2D eigenvalue weighted by atomic mass is 9.85. The lowest BCUT2D eigenvalue weighted by Gasteiger charge is -2.42. The fraction of sp³-hybridized carbons (Fsp3) is 0.650. The van der Waals surface area contributed by atoms with Crippen LogP contribution in [0.15, 0.2) is 18.2 Å². The van der Waals surface area contributed by atoms with Crippen molar-refractivity contribution in [3.63, 3.8) is 0 Å². The highest BCUT2D eigenvalue weighted by molar-refractivity contribution is 6.43. The molecule has 150 valence electrons. The topological polar surface area (TPSA) is 58.8 Å². The predicted molar refractivity (Wildman–Crippen MR) is 111 cm³/mol. The van der Waals surface area contributed by atoms with Gasteiger partial charge in [-0.25, -0.2) is 4.79 Å². The number of amides is 1. The number of nitrogens with two attached hydrogens (primary N) is 1. The molecule has 3 rings (SSSR count). The second kappa shape index (κ2) is 9.35. The Balaban J connectivity index is 1.44. The van der Waals surface area contributed by atoms with Crippen molar-refractivity contribution in [1.29, 1.82) is 0 Å². The molecule has 2 aliphatic rings. The largest absolute Gasteiger partial charge is 0.446 e. The summed E-state index contributed by atoms with van der Waals surface area (Å²) in [7, 11) is 0. The number of rotatable bonds is 5. The summed E-state index contributed by atoms with van der Waals surface area (Å²) in [6, 6.07) is 6.24. The van der Waals surface area contributed by atoms with E-state index in [1.807, 2.05) is 18.2 Å². The molecule has 0 unspecified atom stereocenters. The number of nitrogens with zero attached hydrogens (tertiary/aromatic N) is 2. The minimum Gasteiger partial charge on any atom is -0.446 e. The third-order valence-electron chi connectivity index (χ3n) is 5.88. The fourth-order valence-electron chi connectivity index (χ4n) is 4.38. The number of hydrogen-bond acceptors (Lipinski definition) is 4. The van der Waals surface area contributed by atoms with Crippen LogP contribution >= 0.6 is 23.2 Å². The smallest absolute Gasteiger partial charge is 0.404 e. The number of primary amides is 1. The van der Waals surface area contributed by atoms with Crippen LogP contribution in [0.1, 0.15) is 39.0 Å². The van der Waals surface area contributed by atoms with Gasteiger partial charge in [-0.05, 0) is 63.6 Å². The molecular formula is C20H29Cl2N3O2. The molecule has 1 heterocycles. The zero-order valence-corrected chi connectivity index (χ0v) is 17.4. The summed E-state index contributed by atoms with van der Waals surface area (Å²) in [5.41, 5.74) is 6.14. The molecule has 5 nitrogen and oxygen atoms in total. The van der Waals surface area contributed by atoms with Crippen molar-refractivity contribution < 1.29 is 9.53 Å². The van der Waals surface area contributed by atoms with Crippen molar-refractivity contribution in [2.75, 3.05) is 31.1 Å². The van der Waals surface area contributed by atoms with Gasteiger partial charge in [0.1, 0.15) is 6.10 Å². The highest BCUT2D eigenvalue weighted by atomic mass is 35.5. The number of piperazine rings is 1. The van der Waals surface area contributed by atoms with Crippen LogP contribution in [0.3, 0.4) is 0 Å². The molecule has 1 amide bonds. The maximum Gasteiger partial charge on any atom is 0.404 e. The van der Waals surface area contributed by atoms with Crippen LogP contribution in [0.25, 0.3) is 0 Å². The summed E-state index contributed by atoms with van der Waals surface area (Å²) >= 11 is 12.6. The molecule has 1 saturated heterocycles. The van der Waals surface area contributed by atoms with E-state index in [2.05, 4.69) is 16.7 Å². The first-order valence-corrected chi connectivity index (χ1v) is 10.6. The Morgan fingerprint density at radius 1 is 1.22 bits per heavy atom. The second-order valence-corrected chi connectivity index (χ2v) is 8.57. The molecule has 0 aromatic heterocycles. The van der Waals surface area contributed by atoms with Gasteiger partial charge in [0, 0.05) is 25.7 Å². The minimum absolute atomic E-state index is 0.0183. The number of benzene rings is 1. The van der Waals surface area contributed by atoms with Gasteiger partial charge >= 0.3 is 6.09 Å². The van der Waals surface area contributed by atoms with Gasteiger partial charge in [-0.1, -0.05) is 29.3 Å². The highest BCUT2D eigenvalue weighted by Crippen LogP contribution is 2.34. The number of hydrogen-bond donors (Lipinski definition) is 1. The van der Waals surface area contributed by atoms with Crippen molar-refractivity contribution in [3.8, 4) is 0 Å². The summed E-state index contributed by atoms with van der Waals surface area (Å²) in [5, 5.41) is 1.26. The van der Waals surface area contributed by atoms with Gasteiger partial charge in [0.05, 0.1) is 15.7 Å². The molecule has 0 radical (unpaired) electrons. The van der Waals surface area contributed by atoms with Crippen LogP contribution in [-0.4, -0.2) is 49.3 Å². The number of carbonyl (C=O) groups excluding carboxylic acids is 1. The predicted octanol–water partition coefficient (Wildman–Crippen LogP) is 4.55. The SMILES string of the molecule is C[C@@H]1CN(CCC2CCC(OC(N)=O)CC2)CCN1c1cccc(Cl)c1Cl. The molecule has 2 N–H and O–H groups in total. The molecule has 0 spiro atoms. The summed E-state index contributed by atoms with van der Waals surface area (Å²) in [4.78, 5) is 15.8. The highest BCUT2D eigenvalue weighted by Gasteiger charge is 2.27. The minimum atomic E-state index is -0.648. The third-order valence-corrected chi connectivity index (χ3v) is 6.69. The summed E-state index contributed by atoms with van der Waals surface area (Å²) in [6.45, 7) is 6.39. The van der Waals surface area contributed by atoms with Gasteiger partial charge < -0.3 is 15.4 Å². The van der Waals surface area contributed by atoms with Crippen molar-refractivity contribution in [2.45, 2.75) is 51.2 Å². The van der Waals surface area contributed by atoms with Crippen LogP contribution < -0.4 is 10.6 Å². The first-order chi connectivity index (χ1) is 12.9. The molecule has 0 bridgehead atoms. The number of ether oxygens (including phenoxy) is 1. The molecule has 2 fully saturated rings. The standard InChI is InChI=1S/C20H29Cl2N3O2/c1-14-13-24(10-9-15-5-7-16(8-6-15)27-20(23)26)11-12-25(14)18-4-2-3-17(21)19(18)22/h2-4,14-16H,5-13H2,1H3,(H2,23,26)/t14-,15?,16?/m1/s1. The quantitative estimate of drug-likeness (QED) is 0.768. The fourth-order valence-corrected chi connectivity index (χ4v) is 4.78. The Hall–Kier alpha value is -1.17. The number of halogens is 2. The Bertz CT molecular complexity index is 650. The summed E-state index contributed by atoms with van der Waals surface area (Å²) in [6.07, 6.45) is 4.68. The van der Waals surface area contributed by atoms with Crippen molar-refractivity contribution in [2.24, 2.45) is 11.7 Å². The van der Waals surface area contributed by atoms with Crippen molar-refractivity contribution >= 4 is 35.0 Å². The molecule has 1 atom stereocenters. The van der Waals surface area contributed by atoms with Crippen LogP contribution in [0.5, 0.6) is 0 Å². The molecule has 1 aliphatic carbocycles. The van der Waals surface area contributed by atoms with Gasteiger partial charge in [0.15, 0.2) is 0 Å². The van der Waals surface area contributed by atoms with E-state index in [0.717, 1.165) is 57.5 Å². The van der Waals surface area contributed by atoms with Crippen LogP contribution in [-0.2, 0) is 4.74 Å². The van der Waals surface area contributed by atoms with E-state index in [-0.39, 0.29) is 6.10 Å². The second-order valence-electron chi connectivity index (χ2n) is 7.78. The van der Waals surface area contributed by atoms with E-state index in [9.17, 15) is 4.79 Å². The Kier molecular flexibility index (Phi) is 7.12. The van der Waals surface area contributed by atoms with E-state index < -0.39 is 6.09 Å². The molecule has 27 heavy (non-hydrogen) atoms. The molecule has 1 aliphatic heterocycles. The van der Waals surface area contributed by atoms with Gasteiger partial charge in [0.2, 0.25) is 0 Å². The Labute approximate surface area is 171 Å². The lowest BCUT2D eigenvalue weighted by Crippen LogP contribution is -2.52. The van der Waals surface area contributed by atoms with Crippen LogP contribution in [0.4, 0.5) is 10.5 Å². The molecule has 1 aromatic rings. The van der Waals surface area contributed by atoms with Gasteiger partial charge in [-0.3, -0.25) is 4.90 Å². The van der Waals surface area contributed by atoms with Gasteiger partial charge in [-0.2, -0.15) is 0 Å². The molecular weight excluding hydrogens is 385 g/mol. The maximum atomic E-state index is 10.9. The Morgan fingerprint density at radius 3 is 2.63 bits per heavy atom. The van der Waals surface area contributed by atoms with E-state index in [0.29, 0.717) is 22.0 Å². The van der Waals surface area contributed by atoms with Gasteiger partial charge in [-0.15, -0.1) is 0 Å². The first-order valence-electron chi connectivity index (χ1n) is 9.83. The maximum absolute atomic E-state index is 10.9. The first kappa shape index (κ1) is 20.6. The van der Waals surface area contributed by atoms with E-state index in [1.165, 1.54) is 6.42 Å². The lowest BCUT2D eigenvalue weighted by molar-refractivity contribution is 0.0676. The average molecular weight is 414 g/mol. The Morgan fingerprint density at radius 2 is 1.96 bits per heavy atom. The molecule has 7 heteroatoms. The van der Waals surface area contributed by atoms with Crippen LogP contribution in [0, 0.1) is 5.92 Å². The number of anilines is 1. The van der Waals surface area contributed by atoms with Crippen molar-refractivity contribution in [3.05, 3.63) is 28.2 Å². The zero-order valence-electron chi connectivity index (χ0n) is 15.9. The summed E-state index contributed by atoms with van der Waals surface area (Å²) < 4.78 is 5.12. The van der Waals surface area contributed by atoms with E-state index in [4.69, 9.17) is 33.7 Å². The van der Waals surface area contributed by atoms with E-state index >= 15 is 0 Å². The van der Waals surface area contributed by atoms with Gasteiger partial charge in [0.25, 0.3) is 0 Å². The van der Waals surface area contributed by atoms with Crippen LogP contribution in [0.2, 0.25) is 10.0 Å². The molecule has 1 saturated carbocycles. The summed E-state index contributed by atoms with van der Waals surface area (Å²) in [5.74, 6) is 0.716. The van der Waals surface area contributed by atoms with Crippen molar-refractivity contribution in [1.82, 2.24) is 4.90 Å². The normalized spacial score (nSPS) is 26.8.